The molecule has 1 amide bonds. The third kappa shape index (κ3) is 8.80. The smallest absolute Gasteiger partial charge is 0.218 e. The number of para-hydroxylation sites is 4. The monoisotopic (exact) mass is 499 g/mol. The molecule has 0 spiro atoms. The van der Waals surface area contributed by atoms with Gasteiger partial charge in [0.05, 0.1) is 51.0 Å². The first kappa shape index (κ1) is 28.0. The molecule has 0 N–H and O–H groups in total. The van der Waals surface area contributed by atoms with E-state index >= 15 is 0 Å². The van der Waals surface area contributed by atoms with Crippen LogP contribution in [0.25, 0.3) is 0 Å². The zero-order valence-corrected chi connectivity index (χ0v) is 22.1. The van der Waals surface area contributed by atoms with E-state index in [1.807, 2.05) is 48.5 Å². The summed E-state index contributed by atoms with van der Waals surface area (Å²) >= 11 is 0. The third-order valence-electron chi connectivity index (χ3n) is 5.76. The van der Waals surface area contributed by atoms with Gasteiger partial charge in [-0.3, -0.25) is 9.69 Å². The van der Waals surface area contributed by atoms with Crippen LogP contribution in [0.2, 0.25) is 0 Å². The molecule has 36 heavy (non-hydrogen) atoms. The van der Waals surface area contributed by atoms with Crippen molar-refractivity contribution in [3.63, 3.8) is 0 Å². The Bertz CT molecular complexity index is 849. The maximum Gasteiger partial charge on any atom is 0.218 e. The second-order valence-electron chi connectivity index (χ2n) is 9.91. The molecule has 198 valence electrons. The van der Waals surface area contributed by atoms with E-state index in [1.165, 1.54) is 0 Å². The van der Waals surface area contributed by atoms with Crippen LogP contribution in [0.5, 0.6) is 11.5 Å². The Labute approximate surface area is 215 Å². The average Bonchev–Trinajstić information content (AvgIpc) is 2.84. The molecule has 0 radical (unpaired) electrons. The summed E-state index contributed by atoms with van der Waals surface area (Å²) in [5.41, 5.74) is 1.30. The van der Waals surface area contributed by atoms with Gasteiger partial charge in [0.2, 0.25) is 6.41 Å². The van der Waals surface area contributed by atoms with Crippen molar-refractivity contribution >= 4 is 17.8 Å². The molecular weight excluding hydrogens is 458 g/mol. The van der Waals surface area contributed by atoms with Crippen molar-refractivity contribution in [1.29, 1.82) is 0 Å². The molecular formula is C29H41NO6. The quantitative estimate of drug-likeness (QED) is 0.497. The van der Waals surface area contributed by atoms with E-state index < -0.39 is 0 Å². The number of carbonyl (C=O) groups excluding carboxylic acids is 1. The Balaban J connectivity index is 1.97. The van der Waals surface area contributed by atoms with Gasteiger partial charge in [-0.1, -0.05) is 52.0 Å². The molecule has 1 aliphatic rings. The number of benzene rings is 2. The van der Waals surface area contributed by atoms with Gasteiger partial charge in [-0.2, -0.15) is 0 Å². The van der Waals surface area contributed by atoms with Gasteiger partial charge in [-0.15, -0.1) is 0 Å². The largest absolute Gasteiger partial charge is 0.486 e. The highest BCUT2D eigenvalue weighted by atomic mass is 16.6. The Morgan fingerprint density at radius 2 is 1.14 bits per heavy atom. The van der Waals surface area contributed by atoms with Crippen LogP contribution in [0.3, 0.4) is 0 Å². The molecule has 3 rings (SSSR count). The molecule has 0 bridgehead atoms. The number of amides is 1. The lowest BCUT2D eigenvalue weighted by Gasteiger charge is -2.28. The molecule has 2 atom stereocenters. The Morgan fingerprint density at radius 1 is 0.722 bits per heavy atom. The van der Waals surface area contributed by atoms with Crippen molar-refractivity contribution in [1.82, 2.24) is 0 Å². The van der Waals surface area contributed by atoms with Crippen molar-refractivity contribution in [3.05, 3.63) is 48.5 Å². The zero-order valence-electron chi connectivity index (χ0n) is 22.1. The second kappa shape index (κ2) is 14.8. The van der Waals surface area contributed by atoms with E-state index in [2.05, 4.69) is 27.7 Å². The molecule has 1 aliphatic heterocycles. The topological polar surface area (TPSA) is 66.5 Å². The van der Waals surface area contributed by atoms with E-state index in [0.717, 1.165) is 19.3 Å². The Hall–Kier alpha value is -2.61. The van der Waals surface area contributed by atoms with E-state index in [9.17, 15) is 4.79 Å². The number of hydrogen-bond donors (Lipinski definition) is 0. The number of ether oxygens (including phenoxy) is 5. The molecule has 0 unspecified atom stereocenters. The molecule has 2 aromatic carbocycles. The van der Waals surface area contributed by atoms with Crippen molar-refractivity contribution in [3.8, 4) is 11.5 Å². The normalized spacial score (nSPS) is 20.4. The first-order chi connectivity index (χ1) is 17.5. The van der Waals surface area contributed by atoms with Crippen molar-refractivity contribution < 1.29 is 28.5 Å². The molecule has 0 saturated heterocycles. The summed E-state index contributed by atoms with van der Waals surface area (Å²) in [5.74, 6) is 2.08. The predicted molar refractivity (Wildman–Crippen MR) is 141 cm³/mol. The molecule has 7 nitrogen and oxygen atoms in total. The van der Waals surface area contributed by atoms with Gasteiger partial charge in [0.15, 0.2) is 0 Å². The predicted octanol–water partition coefficient (Wildman–Crippen LogP) is 5.63. The van der Waals surface area contributed by atoms with Crippen LogP contribution >= 0.6 is 0 Å². The Morgan fingerprint density at radius 3 is 1.56 bits per heavy atom. The maximum atomic E-state index is 12.5. The lowest BCUT2D eigenvalue weighted by Crippen LogP contribution is -2.28. The van der Waals surface area contributed by atoms with Gasteiger partial charge in [0, 0.05) is 0 Å². The van der Waals surface area contributed by atoms with Crippen LogP contribution in [0, 0.1) is 11.8 Å². The molecule has 0 aliphatic carbocycles. The summed E-state index contributed by atoms with van der Waals surface area (Å²) in [6.07, 6.45) is 2.12. The second-order valence-corrected chi connectivity index (χ2v) is 9.91. The van der Waals surface area contributed by atoms with Crippen LogP contribution in [-0.4, -0.2) is 58.3 Å². The van der Waals surface area contributed by atoms with E-state index in [4.69, 9.17) is 23.7 Å². The number of fused-ring (bicyclic) bond motifs is 2. The highest BCUT2D eigenvalue weighted by Gasteiger charge is 2.23. The highest BCUT2D eigenvalue weighted by Crippen LogP contribution is 2.38. The van der Waals surface area contributed by atoms with Gasteiger partial charge in [-0.05, 0) is 48.9 Å². The van der Waals surface area contributed by atoms with E-state index in [1.54, 1.807) is 4.90 Å². The number of hydrogen-bond acceptors (Lipinski definition) is 6. The highest BCUT2D eigenvalue weighted by molar-refractivity contribution is 5.91. The number of anilines is 2. The number of carbonyl (C=O) groups is 1. The van der Waals surface area contributed by atoms with Crippen molar-refractivity contribution in [2.24, 2.45) is 11.8 Å². The van der Waals surface area contributed by atoms with Crippen LogP contribution < -0.4 is 14.4 Å². The minimum Gasteiger partial charge on any atom is -0.486 e. The van der Waals surface area contributed by atoms with Crippen molar-refractivity contribution in [2.75, 3.05) is 44.5 Å². The van der Waals surface area contributed by atoms with Crippen LogP contribution in [0.4, 0.5) is 11.4 Å². The van der Waals surface area contributed by atoms with Crippen LogP contribution in [-0.2, 0) is 19.0 Å². The molecule has 2 aromatic rings. The van der Waals surface area contributed by atoms with Gasteiger partial charge in [0.1, 0.15) is 23.7 Å². The molecule has 0 aromatic heterocycles. The first-order valence-corrected chi connectivity index (χ1v) is 13.0. The summed E-state index contributed by atoms with van der Waals surface area (Å²) in [6.45, 7) is 11.4. The summed E-state index contributed by atoms with van der Waals surface area (Å²) in [7, 11) is 0. The molecule has 1 heterocycles. The SMILES string of the molecule is CC(C)C[C@@H]1COCCOCCOC[C@@H](CC(C)C)Oc2ccccc2N(C=O)c2ccccc2O1. The lowest BCUT2D eigenvalue weighted by molar-refractivity contribution is -0.106. The maximum absolute atomic E-state index is 12.5. The minimum absolute atomic E-state index is 0.163. The molecule has 0 fully saturated rings. The van der Waals surface area contributed by atoms with Gasteiger partial charge in [-0.25, -0.2) is 0 Å². The van der Waals surface area contributed by atoms with E-state index in [0.29, 0.717) is 74.4 Å². The van der Waals surface area contributed by atoms with Crippen molar-refractivity contribution in [2.45, 2.75) is 52.7 Å². The summed E-state index contributed by atoms with van der Waals surface area (Å²) in [6, 6.07) is 15.2. The summed E-state index contributed by atoms with van der Waals surface area (Å²) in [4.78, 5) is 14.1. The fourth-order valence-corrected chi connectivity index (χ4v) is 4.23. The lowest BCUT2D eigenvalue weighted by atomic mass is 10.1. The number of rotatable bonds is 5. The number of nitrogens with zero attached hydrogens (tertiary/aromatic N) is 1. The fourth-order valence-electron chi connectivity index (χ4n) is 4.23. The van der Waals surface area contributed by atoms with E-state index in [-0.39, 0.29) is 12.2 Å². The zero-order chi connectivity index (χ0) is 25.8. The summed E-state index contributed by atoms with van der Waals surface area (Å²) in [5, 5.41) is 0. The van der Waals surface area contributed by atoms with Gasteiger partial charge in [0.25, 0.3) is 0 Å². The fraction of sp³-hybridized carbons (Fsp3) is 0.552. The Kier molecular flexibility index (Phi) is 11.5. The van der Waals surface area contributed by atoms with Crippen LogP contribution in [0.15, 0.2) is 48.5 Å². The molecule has 0 saturated carbocycles. The van der Waals surface area contributed by atoms with Crippen LogP contribution in [0.1, 0.15) is 40.5 Å². The summed E-state index contributed by atoms with van der Waals surface area (Å²) < 4.78 is 30.3. The standard InChI is InChI=1S/C29H41NO6/c1-22(2)17-24-19-33-15-13-32-14-16-34-20-25(18-23(3)4)36-29-12-8-6-10-27(29)30(21-31)26-9-5-7-11-28(26)35-24/h5-12,21-25H,13-20H2,1-4H3/t24-,25-/m1/s1. The minimum atomic E-state index is -0.163. The van der Waals surface area contributed by atoms with Gasteiger partial charge >= 0.3 is 0 Å². The third-order valence-corrected chi connectivity index (χ3v) is 5.76. The average molecular weight is 500 g/mol. The molecule has 7 heteroatoms. The first-order valence-electron chi connectivity index (χ1n) is 13.0. The van der Waals surface area contributed by atoms with Gasteiger partial charge < -0.3 is 23.7 Å².